The van der Waals surface area contributed by atoms with Crippen LogP contribution in [0.5, 0.6) is 0 Å². The lowest BCUT2D eigenvalue weighted by Gasteiger charge is -2.15. The van der Waals surface area contributed by atoms with Crippen LogP contribution < -0.4 is 10.6 Å². The first kappa shape index (κ1) is 14.8. The molecule has 0 aromatic carbocycles. The number of amides is 1. The lowest BCUT2D eigenvalue weighted by atomic mass is 9.97. The summed E-state index contributed by atoms with van der Waals surface area (Å²) in [5.41, 5.74) is 0. The monoisotopic (exact) mass is 260 g/mol. The fourth-order valence-corrected chi connectivity index (χ4v) is 2.42. The molecule has 0 atom stereocenters. The molecule has 2 aliphatic rings. The molecule has 2 fully saturated rings. The van der Waals surface area contributed by atoms with Crippen LogP contribution in [0, 0.1) is 17.8 Å². The van der Waals surface area contributed by atoms with Crippen LogP contribution >= 0.6 is 12.4 Å². The maximum atomic E-state index is 12.0. The van der Waals surface area contributed by atoms with Gasteiger partial charge in [-0.3, -0.25) is 4.79 Å². The van der Waals surface area contributed by atoms with Crippen molar-refractivity contribution in [1.82, 2.24) is 10.6 Å². The molecule has 17 heavy (non-hydrogen) atoms. The number of carbonyl (C=O) groups excluding carboxylic acids is 1. The number of halogens is 1. The molecule has 3 nitrogen and oxygen atoms in total. The topological polar surface area (TPSA) is 41.1 Å². The summed E-state index contributed by atoms with van der Waals surface area (Å²) in [5.74, 6) is 2.11. The van der Waals surface area contributed by atoms with Gasteiger partial charge in [-0.1, -0.05) is 6.92 Å². The van der Waals surface area contributed by atoms with Crippen molar-refractivity contribution in [3.63, 3.8) is 0 Å². The van der Waals surface area contributed by atoms with Crippen LogP contribution in [-0.4, -0.2) is 25.5 Å². The largest absolute Gasteiger partial charge is 0.355 e. The summed E-state index contributed by atoms with van der Waals surface area (Å²) in [6.45, 7) is 4.89. The van der Waals surface area contributed by atoms with Crippen LogP contribution in [0.15, 0.2) is 0 Å². The Balaban J connectivity index is 0.00000144. The average molecular weight is 261 g/mol. The van der Waals surface area contributed by atoms with Crippen LogP contribution in [0.1, 0.15) is 39.0 Å². The maximum absolute atomic E-state index is 12.0. The smallest absolute Gasteiger partial charge is 0.223 e. The number of carbonyl (C=O) groups is 1. The Morgan fingerprint density at radius 3 is 2.18 bits per heavy atom. The zero-order valence-corrected chi connectivity index (χ0v) is 11.5. The number of hydrogen-bond donors (Lipinski definition) is 2. The van der Waals surface area contributed by atoms with Gasteiger partial charge in [-0.05, 0) is 50.5 Å². The highest BCUT2D eigenvalue weighted by Gasteiger charge is 2.45. The van der Waals surface area contributed by atoms with Gasteiger partial charge in [0.2, 0.25) is 5.91 Å². The molecule has 0 aromatic rings. The summed E-state index contributed by atoms with van der Waals surface area (Å²) in [4.78, 5) is 12.0. The molecule has 0 aliphatic heterocycles. The van der Waals surface area contributed by atoms with E-state index in [-0.39, 0.29) is 12.4 Å². The molecule has 0 aromatic heterocycles. The molecule has 0 radical (unpaired) electrons. The lowest BCUT2D eigenvalue weighted by molar-refractivity contribution is -0.126. The van der Waals surface area contributed by atoms with E-state index in [1.807, 2.05) is 0 Å². The van der Waals surface area contributed by atoms with E-state index in [0.717, 1.165) is 37.9 Å². The van der Waals surface area contributed by atoms with Gasteiger partial charge in [0.25, 0.3) is 0 Å². The molecular weight excluding hydrogens is 236 g/mol. The molecule has 0 bridgehead atoms. The van der Waals surface area contributed by atoms with Crippen molar-refractivity contribution in [2.45, 2.75) is 39.0 Å². The van der Waals surface area contributed by atoms with Crippen molar-refractivity contribution in [1.29, 1.82) is 0 Å². The van der Waals surface area contributed by atoms with E-state index in [1.165, 1.54) is 25.7 Å². The van der Waals surface area contributed by atoms with Crippen molar-refractivity contribution in [2.24, 2.45) is 17.8 Å². The molecular formula is C13H25ClN2O. The van der Waals surface area contributed by atoms with Crippen LogP contribution in [0.4, 0.5) is 0 Å². The molecule has 2 rings (SSSR count). The summed E-state index contributed by atoms with van der Waals surface area (Å²) >= 11 is 0. The van der Waals surface area contributed by atoms with E-state index in [1.54, 1.807) is 0 Å². The van der Waals surface area contributed by atoms with Gasteiger partial charge in [-0.25, -0.2) is 0 Å². The van der Waals surface area contributed by atoms with Crippen LogP contribution in [0.2, 0.25) is 0 Å². The van der Waals surface area contributed by atoms with E-state index in [4.69, 9.17) is 0 Å². The first-order valence-electron chi connectivity index (χ1n) is 6.81. The van der Waals surface area contributed by atoms with Crippen molar-refractivity contribution in [3.8, 4) is 0 Å². The van der Waals surface area contributed by atoms with Gasteiger partial charge < -0.3 is 10.6 Å². The van der Waals surface area contributed by atoms with Gasteiger partial charge in [0.1, 0.15) is 0 Å². The molecule has 0 spiro atoms. The number of nitrogens with one attached hydrogen (secondary N) is 2. The summed E-state index contributed by atoms with van der Waals surface area (Å²) in [5, 5.41) is 6.39. The second kappa shape index (κ2) is 7.22. The molecule has 1 amide bonds. The Labute approximate surface area is 111 Å². The van der Waals surface area contributed by atoms with E-state index in [2.05, 4.69) is 17.6 Å². The SMILES string of the molecule is CCCNCCNC(=O)C(C1CC1)C1CC1.Cl. The molecule has 0 saturated heterocycles. The predicted octanol–water partition coefficient (Wildman–Crippen LogP) is 1.96. The molecule has 2 N–H and O–H groups in total. The van der Waals surface area contributed by atoms with Crippen molar-refractivity contribution >= 4 is 18.3 Å². The van der Waals surface area contributed by atoms with Crippen LogP contribution in [-0.2, 0) is 4.79 Å². The average Bonchev–Trinajstić information content (AvgIpc) is 3.12. The first-order valence-corrected chi connectivity index (χ1v) is 6.81. The molecule has 4 heteroatoms. The molecule has 0 heterocycles. The lowest BCUT2D eigenvalue weighted by Crippen LogP contribution is -2.37. The quantitative estimate of drug-likeness (QED) is 0.655. The van der Waals surface area contributed by atoms with Crippen LogP contribution in [0.25, 0.3) is 0 Å². The zero-order valence-electron chi connectivity index (χ0n) is 10.7. The molecule has 2 saturated carbocycles. The third-order valence-electron chi connectivity index (χ3n) is 3.59. The summed E-state index contributed by atoms with van der Waals surface area (Å²) in [6.07, 6.45) is 6.28. The van der Waals surface area contributed by atoms with E-state index in [9.17, 15) is 4.79 Å². The molecule has 0 unspecified atom stereocenters. The minimum atomic E-state index is 0. The summed E-state index contributed by atoms with van der Waals surface area (Å²) in [6, 6.07) is 0. The Morgan fingerprint density at radius 1 is 1.12 bits per heavy atom. The van der Waals surface area contributed by atoms with Gasteiger partial charge in [-0.15, -0.1) is 12.4 Å². The Hall–Kier alpha value is -0.280. The Kier molecular flexibility index (Phi) is 6.28. The van der Waals surface area contributed by atoms with Crippen molar-refractivity contribution in [3.05, 3.63) is 0 Å². The third-order valence-corrected chi connectivity index (χ3v) is 3.59. The zero-order chi connectivity index (χ0) is 11.4. The van der Waals surface area contributed by atoms with Crippen molar-refractivity contribution in [2.75, 3.05) is 19.6 Å². The summed E-state index contributed by atoms with van der Waals surface area (Å²) in [7, 11) is 0. The van der Waals surface area contributed by atoms with Gasteiger partial charge in [0.15, 0.2) is 0 Å². The van der Waals surface area contributed by atoms with Gasteiger partial charge in [0.05, 0.1) is 0 Å². The van der Waals surface area contributed by atoms with E-state index in [0.29, 0.717) is 11.8 Å². The minimum absolute atomic E-state index is 0. The number of rotatable bonds is 8. The van der Waals surface area contributed by atoms with Gasteiger partial charge in [-0.2, -0.15) is 0 Å². The fourth-order valence-electron chi connectivity index (χ4n) is 2.42. The third kappa shape index (κ3) is 4.84. The standard InChI is InChI=1S/C13H24N2O.ClH/c1-2-7-14-8-9-15-13(16)12(10-3-4-10)11-5-6-11;/h10-12,14H,2-9H2,1H3,(H,15,16);1H. The van der Waals surface area contributed by atoms with Gasteiger partial charge in [0, 0.05) is 19.0 Å². The highest BCUT2D eigenvalue weighted by atomic mass is 35.5. The highest BCUT2D eigenvalue weighted by Crippen LogP contribution is 2.49. The number of hydrogen-bond acceptors (Lipinski definition) is 2. The van der Waals surface area contributed by atoms with Crippen LogP contribution in [0.3, 0.4) is 0 Å². The van der Waals surface area contributed by atoms with E-state index < -0.39 is 0 Å². The Bertz CT molecular complexity index is 228. The minimum Gasteiger partial charge on any atom is -0.355 e. The normalized spacial score (nSPS) is 18.9. The van der Waals surface area contributed by atoms with Gasteiger partial charge >= 0.3 is 0 Å². The fraction of sp³-hybridized carbons (Fsp3) is 0.923. The first-order chi connectivity index (χ1) is 7.83. The Morgan fingerprint density at radius 2 is 1.71 bits per heavy atom. The highest BCUT2D eigenvalue weighted by molar-refractivity contribution is 5.85. The molecule has 2 aliphatic carbocycles. The second-order valence-corrected chi connectivity index (χ2v) is 5.24. The maximum Gasteiger partial charge on any atom is 0.223 e. The van der Waals surface area contributed by atoms with Crippen molar-refractivity contribution < 1.29 is 4.79 Å². The molecule has 100 valence electrons. The van der Waals surface area contributed by atoms with E-state index >= 15 is 0 Å². The summed E-state index contributed by atoms with van der Waals surface area (Å²) < 4.78 is 0. The second-order valence-electron chi connectivity index (χ2n) is 5.24. The predicted molar refractivity (Wildman–Crippen MR) is 72.4 cm³/mol.